The molecule has 1 saturated carbocycles. The molecule has 2 heterocycles. The van der Waals surface area contributed by atoms with Crippen molar-refractivity contribution in [1.82, 2.24) is 15.3 Å². The zero-order valence-corrected chi connectivity index (χ0v) is 15.9. The van der Waals surface area contributed by atoms with Crippen molar-refractivity contribution in [3.8, 4) is 0 Å². The van der Waals surface area contributed by atoms with E-state index in [-0.39, 0.29) is 18.1 Å². The maximum absolute atomic E-state index is 11.8. The molecule has 8 nitrogen and oxygen atoms in total. The van der Waals surface area contributed by atoms with Crippen LogP contribution in [0.5, 0.6) is 0 Å². The van der Waals surface area contributed by atoms with E-state index in [1.54, 1.807) is 0 Å². The first-order chi connectivity index (χ1) is 12.3. The molecule has 0 aromatic carbocycles. The average molecular weight is 362 g/mol. The number of hydrogen-bond acceptors (Lipinski definition) is 7. The molecule has 0 radical (unpaired) electrons. The normalized spacial score (nSPS) is 18.5. The first kappa shape index (κ1) is 18.5. The first-order valence-electron chi connectivity index (χ1n) is 9.41. The van der Waals surface area contributed by atoms with Crippen LogP contribution in [0.3, 0.4) is 0 Å². The Morgan fingerprint density at radius 2 is 2.00 bits per heavy atom. The lowest BCUT2D eigenvalue weighted by Crippen LogP contribution is -2.60. The Morgan fingerprint density at radius 3 is 2.65 bits per heavy atom. The van der Waals surface area contributed by atoms with Crippen molar-refractivity contribution in [2.75, 3.05) is 35.6 Å². The molecule has 1 aliphatic heterocycles. The molecule has 3 rings (SSSR count). The zero-order valence-electron chi connectivity index (χ0n) is 15.9. The molecule has 2 fully saturated rings. The molecule has 26 heavy (non-hydrogen) atoms. The maximum Gasteiger partial charge on any atom is 0.407 e. The number of rotatable bonds is 5. The third-order valence-electron chi connectivity index (χ3n) is 4.70. The zero-order chi connectivity index (χ0) is 18.7. The highest BCUT2D eigenvalue weighted by atomic mass is 16.6. The fraction of sp³-hybridized carbons (Fsp3) is 0.722. The lowest BCUT2D eigenvalue weighted by atomic mass is 10.1. The van der Waals surface area contributed by atoms with Crippen LogP contribution in [0, 0.1) is 5.92 Å². The third-order valence-corrected chi connectivity index (χ3v) is 4.70. The van der Waals surface area contributed by atoms with Gasteiger partial charge in [0.25, 0.3) is 0 Å². The Bertz CT molecular complexity index is 633. The summed E-state index contributed by atoms with van der Waals surface area (Å²) < 4.78 is 5.28. The predicted molar refractivity (Wildman–Crippen MR) is 102 cm³/mol. The second kappa shape index (κ2) is 7.55. The minimum atomic E-state index is -0.492. The summed E-state index contributed by atoms with van der Waals surface area (Å²) in [6.07, 6.45) is 4.82. The van der Waals surface area contributed by atoms with Crippen molar-refractivity contribution in [1.29, 1.82) is 0 Å². The van der Waals surface area contributed by atoms with Gasteiger partial charge in [-0.15, -0.1) is 0 Å². The smallest absolute Gasteiger partial charge is 0.407 e. The molecule has 4 N–H and O–H groups in total. The van der Waals surface area contributed by atoms with Gasteiger partial charge < -0.3 is 26.0 Å². The van der Waals surface area contributed by atoms with Crippen molar-refractivity contribution in [2.45, 2.75) is 58.1 Å². The minimum absolute atomic E-state index is 0.0518. The van der Waals surface area contributed by atoms with Gasteiger partial charge in [-0.25, -0.2) is 4.79 Å². The highest BCUT2D eigenvalue weighted by Gasteiger charge is 2.31. The Morgan fingerprint density at radius 1 is 1.31 bits per heavy atom. The second-order valence-electron chi connectivity index (χ2n) is 8.25. The van der Waals surface area contributed by atoms with Gasteiger partial charge in [-0.1, -0.05) is 12.8 Å². The molecule has 8 heteroatoms. The van der Waals surface area contributed by atoms with Crippen LogP contribution >= 0.6 is 0 Å². The highest BCUT2D eigenvalue weighted by molar-refractivity contribution is 5.69. The van der Waals surface area contributed by atoms with Gasteiger partial charge in [0.05, 0.1) is 6.04 Å². The first-order valence-corrected chi connectivity index (χ1v) is 9.41. The Hall–Kier alpha value is -2.25. The number of anilines is 3. The van der Waals surface area contributed by atoms with Crippen LogP contribution in [0.25, 0.3) is 0 Å². The maximum atomic E-state index is 11.8. The SMILES string of the molecule is CC(C)(C)OC(=O)NC1CN(c2cc(NCC3CCCC3)nc(N)n2)C1. The Labute approximate surface area is 154 Å². The lowest BCUT2D eigenvalue weighted by molar-refractivity contribution is 0.0496. The standard InChI is InChI=1S/C18H30N6O2/c1-18(2,3)26-17(25)21-13-10-24(11-13)15-8-14(22-16(19)23-15)20-9-12-6-4-5-7-12/h8,12-13H,4-7,9-11H2,1-3H3,(H,21,25)(H3,19,20,22,23). The number of nitrogen functional groups attached to an aromatic ring is 1. The van der Waals surface area contributed by atoms with Crippen LogP contribution in [0.1, 0.15) is 46.5 Å². The van der Waals surface area contributed by atoms with Crippen molar-refractivity contribution in [3.05, 3.63) is 6.07 Å². The van der Waals surface area contributed by atoms with Gasteiger partial charge in [0, 0.05) is 25.7 Å². The average Bonchev–Trinajstić information content (AvgIpc) is 2.99. The molecule has 1 aromatic rings. The largest absolute Gasteiger partial charge is 0.444 e. The van der Waals surface area contributed by atoms with E-state index in [0.717, 1.165) is 24.1 Å². The molecular weight excluding hydrogens is 332 g/mol. The van der Waals surface area contributed by atoms with E-state index < -0.39 is 5.60 Å². The number of carbonyl (C=O) groups is 1. The van der Waals surface area contributed by atoms with E-state index >= 15 is 0 Å². The Kier molecular flexibility index (Phi) is 5.38. The Balaban J connectivity index is 1.50. The summed E-state index contributed by atoms with van der Waals surface area (Å²) in [4.78, 5) is 22.5. The molecule has 0 spiro atoms. The monoisotopic (exact) mass is 362 g/mol. The van der Waals surface area contributed by atoms with Crippen molar-refractivity contribution in [2.24, 2.45) is 5.92 Å². The molecule has 1 aliphatic carbocycles. The van der Waals surface area contributed by atoms with Crippen LogP contribution < -0.4 is 21.3 Å². The summed E-state index contributed by atoms with van der Waals surface area (Å²) in [7, 11) is 0. The number of alkyl carbamates (subject to hydrolysis) is 1. The van der Waals surface area contributed by atoms with Crippen molar-refractivity contribution < 1.29 is 9.53 Å². The van der Waals surface area contributed by atoms with Gasteiger partial charge in [0.1, 0.15) is 17.2 Å². The predicted octanol–water partition coefficient (Wildman–Crippen LogP) is 2.37. The molecule has 0 atom stereocenters. The number of nitrogens with two attached hydrogens (primary N) is 1. The van der Waals surface area contributed by atoms with E-state index in [9.17, 15) is 4.79 Å². The van der Waals surface area contributed by atoms with E-state index in [0.29, 0.717) is 13.1 Å². The van der Waals surface area contributed by atoms with E-state index in [4.69, 9.17) is 10.5 Å². The fourth-order valence-electron chi connectivity index (χ4n) is 3.40. The second-order valence-corrected chi connectivity index (χ2v) is 8.25. The number of ether oxygens (including phenoxy) is 1. The number of carbonyl (C=O) groups excluding carboxylic acids is 1. The van der Waals surface area contributed by atoms with Gasteiger partial charge in [0.2, 0.25) is 5.95 Å². The van der Waals surface area contributed by atoms with Gasteiger partial charge >= 0.3 is 6.09 Å². The van der Waals surface area contributed by atoms with Crippen LogP contribution in [-0.4, -0.2) is 47.3 Å². The summed E-state index contributed by atoms with van der Waals surface area (Å²) in [5, 5.41) is 6.26. The van der Waals surface area contributed by atoms with Gasteiger partial charge in [0.15, 0.2) is 0 Å². The molecule has 1 saturated heterocycles. The lowest BCUT2D eigenvalue weighted by Gasteiger charge is -2.40. The van der Waals surface area contributed by atoms with Crippen molar-refractivity contribution in [3.63, 3.8) is 0 Å². The molecule has 0 bridgehead atoms. The van der Waals surface area contributed by atoms with Crippen LogP contribution in [0.4, 0.5) is 22.4 Å². The van der Waals surface area contributed by atoms with Crippen LogP contribution in [0.15, 0.2) is 6.07 Å². The van der Waals surface area contributed by atoms with E-state index in [1.165, 1.54) is 25.7 Å². The summed E-state index contributed by atoms with van der Waals surface area (Å²) in [5.74, 6) is 2.54. The number of nitrogens with zero attached hydrogens (tertiary/aromatic N) is 3. The van der Waals surface area contributed by atoms with E-state index in [2.05, 4.69) is 25.5 Å². The fourth-order valence-corrected chi connectivity index (χ4v) is 3.40. The summed E-state index contributed by atoms with van der Waals surface area (Å²) in [6.45, 7) is 7.84. The summed E-state index contributed by atoms with van der Waals surface area (Å²) in [6, 6.07) is 1.98. The molecule has 0 unspecified atom stereocenters. The van der Waals surface area contributed by atoms with Crippen molar-refractivity contribution >= 4 is 23.7 Å². The minimum Gasteiger partial charge on any atom is -0.444 e. The number of aromatic nitrogens is 2. The number of hydrogen-bond donors (Lipinski definition) is 3. The summed E-state index contributed by atoms with van der Waals surface area (Å²) in [5.41, 5.74) is 5.37. The molecule has 1 aromatic heterocycles. The summed E-state index contributed by atoms with van der Waals surface area (Å²) >= 11 is 0. The molecular formula is C18H30N6O2. The third kappa shape index (κ3) is 5.12. The van der Waals surface area contributed by atoms with Gasteiger partial charge in [-0.2, -0.15) is 9.97 Å². The van der Waals surface area contributed by atoms with E-state index in [1.807, 2.05) is 26.8 Å². The van der Waals surface area contributed by atoms with Gasteiger partial charge in [-0.05, 0) is 39.5 Å². The van der Waals surface area contributed by atoms with Gasteiger partial charge in [-0.3, -0.25) is 0 Å². The molecule has 2 aliphatic rings. The van der Waals surface area contributed by atoms with Crippen LogP contribution in [-0.2, 0) is 4.74 Å². The molecule has 1 amide bonds. The quantitative estimate of drug-likeness (QED) is 0.738. The topological polar surface area (TPSA) is 105 Å². The molecule has 144 valence electrons. The number of amides is 1. The van der Waals surface area contributed by atoms with Crippen LogP contribution in [0.2, 0.25) is 0 Å². The highest BCUT2D eigenvalue weighted by Crippen LogP contribution is 2.26. The number of nitrogens with one attached hydrogen (secondary N) is 2.